The number of ketones is 1. The fourth-order valence-electron chi connectivity index (χ4n) is 1.70. The highest BCUT2D eigenvalue weighted by atomic mass is 79.9. The van der Waals surface area contributed by atoms with Crippen LogP contribution in [0.2, 0.25) is 0 Å². The van der Waals surface area contributed by atoms with Gasteiger partial charge in [-0.3, -0.25) is 4.79 Å². The van der Waals surface area contributed by atoms with Crippen molar-refractivity contribution in [2.45, 2.75) is 12.8 Å². The molecule has 2 rings (SSSR count). The molecule has 0 spiro atoms. The maximum absolute atomic E-state index is 12.0. The zero-order chi connectivity index (χ0) is 10.7. The maximum Gasteiger partial charge on any atom is 0.186 e. The predicted molar refractivity (Wildman–Crippen MR) is 59.8 cm³/mol. The molecule has 15 heavy (non-hydrogen) atoms. The summed E-state index contributed by atoms with van der Waals surface area (Å²) >= 11 is 3.26. The van der Waals surface area contributed by atoms with Gasteiger partial charge in [0.15, 0.2) is 5.78 Å². The van der Waals surface area contributed by atoms with E-state index in [0.717, 1.165) is 19.4 Å². The molecule has 80 valence electrons. The molecular formula is C11H12BrNO2. The zero-order valence-corrected chi connectivity index (χ0v) is 9.87. The van der Waals surface area contributed by atoms with E-state index >= 15 is 0 Å². The van der Waals surface area contributed by atoms with Crippen molar-refractivity contribution in [2.75, 3.05) is 13.2 Å². The molecule has 1 aromatic heterocycles. The Bertz CT molecular complexity index is 361. The summed E-state index contributed by atoms with van der Waals surface area (Å²) in [6, 6.07) is 5.39. The van der Waals surface area contributed by atoms with Crippen molar-refractivity contribution in [1.29, 1.82) is 0 Å². The van der Waals surface area contributed by atoms with Gasteiger partial charge in [-0.2, -0.15) is 0 Å². The van der Waals surface area contributed by atoms with Crippen LogP contribution in [-0.4, -0.2) is 24.0 Å². The molecule has 1 atom stereocenters. The molecule has 0 aliphatic carbocycles. The van der Waals surface area contributed by atoms with Crippen molar-refractivity contribution in [3.8, 4) is 0 Å². The van der Waals surface area contributed by atoms with Crippen LogP contribution in [-0.2, 0) is 4.74 Å². The number of hydrogen-bond donors (Lipinski definition) is 0. The van der Waals surface area contributed by atoms with Crippen LogP contribution in [0, 0.1) is 5.92 Å². The van der Waals surface area contributed by atoms with E-state index in [9.17, 15) is 4.79 Å². The quantitative estimate of drug-likeness (QED) is 0.612. The van der Waals surface area contributed by atoms with Crippen LogP contribution in [0.5, 0.6) is 0 Å². The Morgan fingerprint density at radius 1 is 1.53 bits per heavy atom. The molecule has 0 radical (unpaired) electrons. The van der Waals surface area contributed by atoms with Gasteiger partial charge in [-0.05, 0) is 40.9 Å². The van der Waals surface area contributed by atoms with Crippen molar-refractivity contribution in [2.24, 2.45) is 5.92 Å². The van der Waals surface area contributed by atoms with Crippen LogP contribution in [0.1, 0.15) is 23.3 Å². The van der Waals surface area contributed by atoms with Crippen molar-refractivity contribution in [3.63, 3.8) is 0 Å². The lowest BCUT2D eigenvalue weighted by molar-refractivity contribution is 0.0458. The van der Waals surface area contributed by atoms with Gasteiger partial charge in [0.05, 0.1) is 6.61 Å². The Labute approximate surface area is 97.0 Å². The Kier molecular flexibility index (Phi) is 3.49. The highest BCUT2D eigenvalue weighted by molar-refractivity contribution is 9.10. The fourth-order valence-corrected chi connectivity index (χ4v) is 2.05. The molecule has 0 bridgehead atoms. The van der Waals surface area contributed by atoms with Gasteiger partial charge < -0.3 is 4.74 Å². The van der Waals surface area contributed by atoms with E-state index in [4.69, 9.17) is 4.74 Å². The molecule has 1 fully saturated rings. The van der Waals surface area contributed by atoms with Crippen LogP contribution < -0.4 is 0 Å². The smallest absolute Gasteiger partial charge is 0.186 e. The molecule has 1 aliphatic rings. The lowest BCUT2D eigenvalue weighted by Crippen LogP contribution is -2.25. The number of carbonyl (C=O) groups is 1. The molecule has 0 saturated carbocycles. The summed E-state index contributed by atoms with van der Waals surface area (Å²) in [5, 5.41) is 0. The lowest BCUT2D eigenvalue weighted by Gasteiger charge is -2.20. The molecule has 3 nitrogen and oxygen atoms in total. The third-order valence-corrected chi connectivity index (χ3v) is 2.94. The summed E-state index contributed by atoms with van der Waals surface area (Å²) in [7, 11) is 0. The van der Waals surface area contributed by atoms with E-state index in [1.807, 2.05) is 12.1 Å². The Morgan fingerprint density at radius 2 is 2.40 bits per heavy atom. The van der Waals surface area contributed by atoms with Crippen LogP contribution >= 0.6 is 15.9 Å². The highest BCUT2D eigenvalue weighted by Gasteiger charge is 2.23. The molecule has 1 aliphatic heterocycles. The summed E-state index contributed by atoms with van der Waals surface area (Å²) in [6.07, 6.45) is 1.87. The van der Waals surface area contributed by atoms with E-state index in [0.29, 0.717) is 16.9 Å². The van der Waals surface area contributed by atoms with E-state index in [1.54, 1.807) is 6.07 Å². The summed E-state index contributed by atoms with van der Waals surface area (Å²) in [6.45, 7) is 1.31. The molecule has 0 N–H and O–H groups in total. The second kappa shape index (κ2) is 4.86. The van der Waals surface area contributed by atoms with Gasteiger partial charge in [0.1, 0.15) is 10.3 Å². The number of ether oxygens (including phenoxy) is 1. The van der Waals surface area contributed by atoms with Gasteiger partial charge >= 0.3 is 0 Å². The second-order valence-corrected chi connectivity index (χ2v) is 4.44. The van der Waals surface area contributed by atoms with E-state index in [-0.39, 0.29) is 11.7 Å². The van der Waals surface area contributed by atoms with Crippen molar-refractivity contribution < 1.29 is 9.53 Å². The monoisotopic (exact) mass is 269 g/mol. The number of rotatable bonds is 2. The molecule has 0 amide bonds. The van der Waals surface area contributed by atoms with Gasteiger partial charge in [-0.15, -0.1) is 0 Å². The van der Waals surface area contributed by atoms with E-state index < -0.39 is 0 Å². The minimum atomic E-state index is -0.0134. The number of halogens is 1. The molecule has 1 saturated heterocycles. The van der Waals surface area contributed by atoms with Gasteiger partial charge in [0.25, 0.3) is 0 Å². The summed E-state index contributed by atoms with van der Waals surface area (Å²) < 4.78 is 5.99. The van der Waals surface area contributed by atoms with Crippen LogP contribution in [0.3, 0.4) is 0 Å². The van der Waals surface area contributed by atoms with Gasteiger partial charge in [0, 0.05) is 12.5 Å². The molecule has 0 aromatic carbocycles. The minimum Gasteiger partial charge on any atom is -0.381 e. The number of Topliss-reactive ketones (excluding diaryl/α,β-unsaturated/α-hetero) is 1. The third-order valence-electron chi connectivity index (χ3n) is 2.50. The Hall–Kier alpha value is -0.740. The van der Waals surface area contributed by atoms with Crippen molar-refractivity contribution in [1.82, 2.24) is 4.98 Å². The maximum atomic E-state index is 12.0. The standard InChI is InChI=1S/C11H12BrNO2/c12-10-5-1-4-9(13-10)11(14)8-3-2-6-15-7-8/h1,4-5,8H,2-3,6-7H2. The van der Waals surface area contributed by atoms with Gasteiger partial charge in [0.2, 0.25) is 0 Å². The highest BCUT2D eigenvalue weighted by Crippen LogP contribution is 2.18. The van der Waals surface area contributed by atoms with Crippen molar-refractivity contribution in [3.05, 3.63) is 28.5 Å². The van der Waals surface area contributed by atoms with Crippen LogP contribution in [0.15, 0.2) is 22.8 Å². The first-order valence-electron chi connectivity index (χ1n) is 5.02. The number of aromatic nitrogens is 1. The Morgan fingerprint density at radius 3 is 3.07 bits per heavy atom. The number of hydrogen-bond acceptors (Lipinski definition) is 3. The minimum absolute atomic E-state index is 0.0134. The second-order valence-electron chi connectivity index (χ2n) is 3.62. The molecule has 4 heteroatoms. The molecule has 1 aromatic rings. The van der Waals surface area contributed by atoms with Crippen LogP contribution in [0.4, 0.5) is 0 Å². The Balaban J connectivity index is 2.12. The third kappa shape index (κ3) is 2.63. The van der Waals surface area contributed by atoms with Gasteiger partial charge in [-0.1, -0.05) is 6.07 Å². The first kappa shape index (κ1) is 10.8. The van der Waals surface area contributed by atoms with E-state index in [2.05, 4.69) is 20.9 Å². The average molecular weight is 270 g/mol. The zero-order valence-electron chi connectivity index (χ0n) is 8.28. The summed E-state index contributed by atoms with van der Waals surface area (Å²) in [5.41, 5.74) is 0.528. The SMILES string of the molecule is O=C(c1cccc(Br)n1)C1CCCOC1. The predicted octanol–water partition coefficient (Wildman–Crippen LogP) is 2.45. The molecular weight excluding hydrogens is 258 g/mol. The van der Waals surface area contributed by atoms with Crippen molar-refractivity contribution >= 4 is 21.7 Å². The normalized spacial score (nSPS) is 21.3. The average Bonchev–Trinajstić information content (AvgIpc) is 2.29. The topological polar surface area (TPSA) is 39.2 Å². The van der Waals surface area contributed by atoms with Gasteiger partial charge in [-0.25, -0.2) is 4.98 Å². The summed E-state index contributed by atoms with van der Waals surface area (Å²) in [5.74, 6) is 0.0801. The first-order valence-corrected chi connectivity index (χ1v) is 5.81. The first-order chi connectivity index (χ1) is 7.27. The van der Waals surface area contributed by atoms with E-state index in [1.165, 1.54) is 0 Å². The van der Waals surface area contributed by atoms with Crippen LogP contribution in [0.25, 0.3) is 0 Å². The number of pyridine rings is 1. The lowest BCUT2D eigenvalue weighted by atomic mass is 9.95. The largest absolute Gasteiger partial charge is 0.381 e. The molecule has 2 heterocycles. The summed E-state index contributed by atoms with van der Waals surface area (Å²) in [4.78, 5) is 16.1. The number of nitrogens with zero attached hydrogens (tertiary/aromatic N) is 1. The fraction of sp³-hybridized carbons (Fsp3) is 0.455. The molecule has 1 unspecified atom stereocenters. The number of carbonyl (C=O) groups excluding carboxylic acids is 1.